The molecule has 1 amide bonds. The summed E-state index contributed by atoms with van der Waals surface area (Å²) in [5.74, 6) is 0.760. The van der Waals surface area contributed by atoms with Crippen LogP contribution in [0.3, 0.4) is 0 Å². The summed E-state index contributed by atoms with van der Waals surface area (Å²) in [6.07, 6.45) is 0.296. The van der Waals surface area contributed by atoms with Crippen LogP contribution < -0.4 is 15.8 Å². The lowest BCUT2D eigenvalue weighted by Crippen LogP contribution is -2.32. The average Bonchev–Trinajstić information content (AvgIpc) is 2.28. The molecule has 94 valence electrons. The van der Waals surface area contributed by atoms with E-state index in [1.807, 2.05) is 38.1 Å². The summed E-state index contributed by atoms with van der Waals surface area (Å²) < 4.78 is 5.06. The van der Waals surface area contributed by atoms with E-state index < -0.39 is 0 Å². The van der Waals surface area contributed by atoms with Crippen molar-refractivity contribution in [3.63, 3.8) is 0 Å². The smallest absolute Gasteiger partial charge is 0.222 e. The molecule has 4 nitrogen and oxygen atoms in total. The van der Waals surface area contributed by atoms with E-state index in [0.29, 0.717) is 6.42 Å². The first-order valence-electron chi connectivity index (χ1n) is 5.72. The predicted octanol–water partition coefficient (Wildman–Crippen LogP) is 1.61. The molecule has 3 N–H and O–H groups in total. The molecular formula is C13H20N2O2. The number of methoxy groups -OCH3 is 1. The van der Waals surface area contributed by atoms with Crippen LogP contribution in [0.15, 0.2) is 24.3 Å². The van der Waals surface area contributed by atoms with Crippen LogP contribution in [-0.4, -0.2) is 19.1 Å². The number of benzene rings is 1. The zero-order valence-corrected chi connectivity index (χ0v) is 10.6. The topological polar surface area (TPSA) is 64.3 Å². The van der Waals surface area contributed by atoms with Crippen molar-refractivity contribution in [3.05, 3.63) is 29.8 Å². The summed E-state index contributed by atoms with van der Waals surface area (Å²) in [6, 6.07) is 7.31. The minimum absolute atomic E-state index is 0.0247. The van der Waals surface area contributed by atoms with Gasteiger partial charge < -0.3 is 15.8 Å². The van der Waals surface area contributed by atoms with Crippen LogP contribution >= 0.6 is 0 Å². The molecule has 17 heavy (non-hydrogen) atoms. The first kappa shape index (κ1) is 13.5. The fourth-order valence-electron chi connectivity index (χ4n) is 1.55. The van der Waals surface area contributed by atoms with Crippen LogP contribution in [0.1, 0.15) is 31.9 Å². The zero-order chi connectivity index (χ0) is 12.8. The van der Waals surface area contributed by atoms with Crippen LogP contribution in [0, 0.1) is 0 Å². The molecule has 0 aliphatic carbocycles. The molecule has 0 radical (unpaired) electrons. The van der Waals surface area contributed by atoms with E-state index in [1.54, 1.807) is 7.11 Å². The Hall–Kier alpha value is -1.55. The number of rotatable bonds is 5. The molecule has 0 aromatic heterocycles. The van der Waals surface area contributed by atoms with Crippen molar-refractivity contribution in [2.24, 2.45) is 5.73 Å². The third-order valence-corrected chi connectivity index (χ3v) is 2.40. The van der Waals surface area contributed by atoms with E-state index in [-0.39, 0.29) is 18.0 Å². The monoisotopic (exact) mass is 236 g/mol. The van der Waals surface area contributed by atoms with Crippen molar-refractivity contribution in [3.8, 4) is 5.75 Å². The van der Waals surface area contributed by atoms with Gasteiger partial charge in [0.05, 0.1) is 7.11 Å². The van der Waals surface area contributed by atoms with Gasteiger partial charge in [-0.05, 0) is 31.5 Å². The minimum Gasteiger partial charge on any atom is -0.497 e. The lowest BCUT2D eigenvalue weighted by atomic mass is 10.0. The second-order valence-electron chi connectivity index (χ2n) is 4.31. The number of ether oxygens (including phenoxy) is 1. The fraction of sp³-hybridized carbons (Fsp3) is 0.462. The van der Waals surface area contributed by atoms with Crippen molar-refractivity contribution < 1.29 is 9.53 Å². The summed E-state index contributed by atoms with van der Waals surface area (Å²) >= 11 is 0. The van der Waals surface area contributed by atoms with E-state index in [2.05, 4.69) is 5.32 Å². The third kappa shape index (κ3) is 4.44. The van der Waals surface area contributed by atoms with Crippen molar-refractivity contribution in [1.82, 2.24) is 5.32 Å². The van der Waals surface area contributed by atoms with Crippen LogP contribution in [0.2, 0.25) is 0 Å². The predicted molar refractivity (Wildman–Crippen MR) is 67.8 cm³/mol. The van der Waals surface area contributed by atoms with Gasteiger partial charge in [-0.15, -0.1) is 0 Å². The SMILES string of the molecule is COc1ccc(C(N)CC(=O)NC(C)C)cc1. The van der Waals surface area contributed by atoms with E-state index in [9.17, 15) is 4.79 Å². The molecule has 0 heterocycles. The zero-order valence-electron chi connectivity index (χ0n) is 10.6. The molecule has 0 bridgehead atoms. The molecule has 1 unspecified atom stereocenters. The van der Waals surface area contributed by atoms with Crippen molar-refractivity contribution in [1.29, 1.82) is 0 Å². The molecule has 0 spiro atoms. The summed E-state index contributed by atoms with van der Waals surface area (Å²) in [5.41, 5.74) is 6.90. The Morgan fingerprint density at radius 2 is 1.94 bits per heavy atom. The Kier molecular flexibility index (Phi) is 4.97. The van der Waals surface area contributed by atoms with Gasteiger partial charge in [-0.1, -0.05) is 12.1 Å². The maximum atomic E-state index is 11.5. The molecule has 0 aliphatic heterocycles. The van der Waals surface area contributed by atoms with Gasteiger partial charge in [0.2, 0.25) is 5.91 Å². The Balaban J connectivity index is 2.56. The third-order valence-electron chi connectivity index (χ3n) is 2.40. The lowest BCUT2D eigenvalue weighted by molar-refractivity contribution is -0.121. The number of nitrogens with two attached hydrogens (primary N) is 1. The molecule has 0 saturated heterocycles. The van der Waals surface area contributed by atoms with Crippen LogP contribution in [-0.2, 0) is 4.79 Å². The molecule has 0 saturated carbocycles. The van der Waals surface area contributed by atoms with Crippen LogP contribution in [0.4, 0.5) is 0 Å². The highest BCUT2D eigenvalue weighted by atomic mass is 16.5. The van der Waals surface area contributed by atoms with Gasteiger partial charge in [-0.2, -0.15) is 0 Å². The Bertz CT molecular complexity index is 360. The Morgan fingerprint density at radius 3 is 2.41 bits per heavy atom. The normalized spacial score (nSPS) is 12.3. The molecule has 1 aromatic carbocycles. The summed E-state index contributed by atoms with van der Waals surface area (Å²) in [6.45, 7) is 3.85. The fourth-order valence-corrected chi connectivity index (χ4v) is 1.55. The largest absolute Gasteiger partial charge is 0.497 e. The standard InChI is InChI=1S/C13H20N2O2/c1-9(2)15-13(16)8-12(14)10-4-6-11(17-3)7-5-10/h4-7,9,12H,8,14H2,1-3H3,(H,15,16). The van der Waals surface area contributed by atoms with Crippen molar-refractivity contribution in [2.45, 2.75) is 32.4 Å². The molecule has 0 aliphatic rings. The van der Waals surface area contributed by atoms with E-state index >= 15 is 0 Å². The number of hydrogen-bond acceptors (Lipinski definition) is 3. The number of amides is 1. The minimum atomic E-state index is -0.278. The average molecular weight is 236 g/mol. The summed E-state index contributed by atoms with van der Waals surface area (Å²) in [5, 5.41) is 2.82. The molecule has 1 atom stereocenters. The number of carbonyl (C=O) groups excluding carboxylic acids is 1. The summed E-state index contributed by atoms with van der Waals surface area (Å²) in [4.78, 5) is 11.5. The van der Waals surface area contributed by atoms with E-state index in [4.69, 9.17) is 10.5 Å². The van der Waals surface area contributed by atoms with E-state index in [0.717, 1.165) is 11.3 Å². The van der Waals surface area contributed by atoms with Gasteiger partial charge in [0, 0.05) is 18.5 Å². The molecule has 1 aromatic rings. The lowest BCUT2D eigenvalue weighted by Gasteiger charge is -2.14. The molecule has 0 fully saturated rings. The van der Waals surface area contributed by atoms with Gasteiger partial charge in [-0.25, -0.2) is 0 Å². The highest BCUT2D eigenvalue weighted by Gasteiger charge is 2.12. The van der Waals surface area contributed by atoms with Crippen molar-refractivity contribution in [2.75, 3.05) is 7.11 Å². The van der Waals surface area contributed by atoms with Gasteiger partial charge >= 0.3 is 0 Å². The Morgan fingerprint density at radius 1 is 1.35 bits per heavy atom. The highest BCUT2D eigenvalue weighted by Crippen LogP contribution is 2.18. The van der Waals surface area contributed by atoms with Gasteiger partial charge in [0.1, 0.15) is 5.75 Å². The first-order chi connectivity index (χ1) is 8.02. The highest BCUT2D eigenvalue weighted by molar-refractivity contribution is 5.77. The second-order valence-corrected chi connectivity index (χ2v) is 4.31. The molecule has 4 heteroatoms. The number of nitrogens with one attached hydrogen (secondary N) is 1. The maximum Gasteiger partial charge on any atom is 0.222 e. The van der Waals surface area contributed by atoms with Gasteiger partial charge in [-0.3, -0.25) is 4.79 Å². The molecule has 1 rings (SSSR count). The van der Waals surface area contributed by atoms with Crippen molar-refractivity contribution >= 4 is 5.91 Å². The first-order valence-corrected chi connectivity index (χ1v) is 5.72. The summed E-state index contributed by atoms with van der Waals surface area (Å²) in [7, 11) is 1.62. The number of hydrogen-bond donors (Lipinski definition) is 2. The van der Waals surface area contributed by atoms with E-state index in [1.165, 1.54) is 0 Å². The Labute approximate surface area is 102 Å². The van der Waals surface area contributed by atoms with Crippen LogP contribution in [0.5, 0.6) is 5.75 Å². The van der Waals surface area contributed by atoms with Gasteiger partial charge in [0.15, 0.2) is 0 Å². The second kappa shape index (κ2) is 6.25. The van der Waals surface area contributed by atoms with Crippen LogP contribution in [0.25, 0.3) is 0 Å². The quantitative estimate of drug-likeness (QED) is 0.816. The molecular weight excluding hydrogens is 216 g/mol. The number of carbonyl (C=O) groups is 1. The van der Waals surface area contributed by atoms with Gasteiger partial charge in [0.25, 0.3) is 0 Å². The maximum absolute atomic E-state index is 11.5.